The van der Waals surface area contributed by atoms with E-state index in [1.165, 1.54) is 10.6 Å². The maximum absolute atomic E-state index is 5.49. The molecule has 1 aromatic heterocycles. The zero-order valence-corrected chi connectivity index (χ0v) is 17.0. The molecule has 1 fully saturated rings. The van der Waals surface area contributed by atoms with Gasteiger partial charge in [-0.05, 0) is 37.7 Å². The molecule has 0 aliphatic carbocycles. The number of para-hydroxylation sites is 1. The van der Waals surface area contributed by atoms with E-state index in [9.17, 15) is 0 Å². The third kappa shape index (κ3) is 5.51. The summed E-state index contributed by atoms with van der Waals surface area (Å²) in [4.78, 5) is 3.98. The molecule has 3 rings (SSSR count). The number of hydrogen-bond donors (Lipinski definition) is 2. The summed E-state index contributed by atoms with van der Waals surface area (Å²) in [6.07, 6.45) is 0.979. The lowest BCUT2D eigenvalue weighted by atomic mass is 10.2. The van der Waals surface area contributed by atoms with Crippen LogP contribution < -0.4 is 15.1 Å². The third-order valence-corrected chi connectivity index (χ3v) is 5.78. The van der Waals surface area contributed by atoms with Crippen molar-refractivity contribution in [1.82, 2.24) is 9.78 Å². The fourth-order valence-electron chi connectivity index (χ4n) is 3.08. The summed E-state index contributed by atoms with van der Waals surface area (Å²) in [6, 6.07) is 10.6. The van der Waals surface area contributed by atoms with Crippen molar-refractivity contribution in [2.45, 2.75) is 20.0 Å². The van der Waals surface area contributed by atoms with Crippen LogP contribution in [0.2, 0.25) is 0 Å². The average Bonchev–Trinajstić information content (AvgIpc) is 3.02. The van der Waals surface area contributed by atoms with E-state index < -0.39 is 0 Å². The fourth-order valence-corrected chi connectivity index (χ4v) is 4.11. The first-order valence-corrected chi connectivity index (χ1v) is 10.5. The summed E-state index contributed by atoms with van der Waals surface area (Å²) in [7, 11) is 0. The van der Waals surface area contributed by atoms with E-state index in [0.29, 0.717) is 0 Å². The Hall–Kier alpha value is -1.48. The monoisotopic (exact) mass is 394 g/mol. The summed E-state index contributed by atoms with van der Waals surface area (Å²) >= 11 is 7.05. The lowest BCUT2D eigenvalue weighted by Crippen LogP contribution is -3.14. The number of nitrogens with zero attached hydrogens (tertiary/aromatic N) is 3. The van der Waals surface area contributed by atoms with Gasteiger partial charge in [0.05, 0.1) is 26.2 Å². The molecule has 0 spiro atoms. The van der Waals surface area contributed by atoms with Crippen LogP contribution in [-0.2, 0) is 11.4 Å². The number of hydrogen-bond acceptors (Lipinski definition) is 6. The van der Waals surface area contributed by atoms with Gasteiger partial charge >= 0.3 is 0 Å². The summed E-state index contributed by atoms with van der Waals surface area (Å²) in [5.74, 6) is 0. The number of aromatic nitrogens is 2. The number of anilines is 2. The zero-order chi connectivity index (χ0) is 18.2. The second-order valence-electron chi connectivity index (χ2n) is 6.38. The molecule has 1 aromatic carbocycles. The summed E-state index contributed by atoms with van der Waals surface area (Å²) < 4.78 is 8.16. The van der Waals surface area contributed by atoms with E-state index in [1.54, 1.807) is 11.3 Å². The number of quaternary nitrogens is 1. The molecular formula is C18H28N5OS2+. The first kappa shape index (κ1) is 19.3. The molecule has 2 aromatic rings. The third-order valence-electron chi connectivity index (χ3n) is 4.52. The highest BCUT2D eigenvalue weighted by atomic mass is 32.1. The molecular weight excluding hydrogens is 366 g/mol. The van der Waals surface area contributed by atoms with Crippen LogP contribution in [-0.4, -0.2) is 55.7 Å². The molecule has 1 saturated heterocycles. The quantitative estimate of drug-likeness (QED) is 0.502. The smallest absolute Gasteiger partial charge is 0.204 e. The molecule has 142 valence electrons. The standard InChI is InChI=1S/C18H27N5OS2/c1-2-24-14-6-9-19-17-20-23(18(25)26-17)15-21-10-12-22(13-11-21)16-7-4-3-5-8-16/h3-5,7-8H,2,6,9-15H2,1H3,(H,19,20)/p+1. The van der Waals surface area contributed by atoms with Crippen molar-refractivity contribution in [3.63, 3.8) is 0 Å². The average molecular weight is 395 g/mol. The predicted molar refractivity (Wildman–Crippen MR) is 110 cm³/mol. The SMILES string of the molecule is CCOCCCNc1nn(C[NH+]2CCN(c3ccccc3)CC2)c(=S)s1. The first-order valence-electron chi connectivity index (χ1n) is 9.29. The van der Waals surface area contributed by atoms with Gasteiger partial charge in [-0.25, -0.2) is 0 Å². The number of benzene rings is 1. The maximum atomic E-state index is 5.49. The van der Waals surface area contributed by atoms with E-state index in [2.05, 4.69) is 45.6 Å². The molecule has 8 heteroatoms. The Bertz CT molecular complexity index is 710. The van der Waals surface area contributed by atoms with Gasteiger partial charge < -0.3 is 19.9 Å². The highest BCUT2D eigenvalue weighted by Gasteiger charge is 2.21. The summed E-state index contributed by atoms with van der Waals surface area (Å²) in [5, 5.41) is 8.91. The van der Waals surface area contributed by atoms with Gasteiger partial charge in [-0.3, -0.25) is 0 Å². The molecule has 0 amide bonds. The minimum Gasteiger partial charge on any atom is -0.382 e. The predicted octanol–water partition coefficient (Wildman–Crippen LogP) is 1.88. The van der Waals surface area contributed by atoms with E-state index in [1.807, 2.05) is 11.6 Å². The molecule has 0 unspecified atom stereocenters. The van der Waals surface area contributed by atoms with Crippen molar-refractivity contribution in [3.8, 4) is 0 Å². The highest BCUT2D eigenvalue weighted by molar-refractivity contribution is 7.73. The molecule has 0 saturated carbocycles. The van der Waals surface area contributed by atoms with Crippen LogP contribution in [0.15, 0.2) is 30.3 Å². The topological polar surface area (TPSA) is 46.8 Å². The Kier molecular flexibility index (Phi) is 7.43. The van der Waals surface area contributed by atoms with Gasteiger partial charge in [-0.15, -0.1) is 5.10 Å². The van der Waals surface area contributed by atoms with Crippen LogP contribution in [0.1, 0.15) is 13.3 Å². The van der Waals surface area contributed by atoms with Crippen LogP contribution in [0, 0.1) is 3.95 Å². The van der Waals surface area contributed by atoms with Crippen LogP contribution in [0.5, 0.6) is 0 Å². The van der Waals surface area contributed by atoms with E-state index in [0.717, 1.165) is 68.1 Å². The molecule has 1 aliphatic heterocycles. The van der Waals surface area contributed by atoms with Crippen LogP contribution in [0.4, 0.5) is 10.8 Å². The molecule has 0 atom stereocenters. The van der Waals surface area contributed by atoms with Gasteiger partial charge in [0.25, 0.3) is 0 Å². The number of nitrogens with one attached hydrogen (secondary N) is 2. The van der Waals surface area contributed by atoms with Crippen molar-refractivity contribution < 1.29 is 9.64 Å². The lowest BCUT2D eigenvalue weighted by molar-refractivity contribution is -0.924. The molecule has 6 nitrogen and oxygen atoms in total. The molecule has 26 heavy (non-hydrogen) atoms. The molecule has 1 aliphatic rings. The Balaban J connectivity index is 1.45. The number of rotatable bonds is 9. The zero-order valence-electron chi connectivity index (χ0n) is 15.3. The minimum atomic E-state index is 0.772. The van der Waals surface area contributed by atoms with Gasteiger partial charge in [0.1, 0.15) is 0 Å². The van der Waals surface area contributed by atoms with Crippen molar-refractivity contribution >= 4 is 34.4 Å². The molecule has 2 heterocycles. The van der Waals surface area contributed by atoms with Crippen molar-refractivity contribution in [1.29, 1.82) is 0 Å². The fraction of sp³-hybridized carbons (Fsp3) is 0.556. The summed E-state index contributed by atoms with van der Waals surface area (Å²) in [5.41, 5.74) is 1.32. The van der Waals surface area contributed by atoms with Gasteiger partial charge in [-0.2, -0.15) is 4.68 Å². The number of piperazine rings is 1. The van der Waals surface area contributed by atoms with Crippen molar-refractivity contribution in [2.75, 3.05) is 56.2 Å². The second-order valence-corrected chi connectivity index (χ2v) is 8.00. The second kappa shape index (κ2) is 10.0. The Morgan fingerprint density at radius 3 is 2.77 bits per heavy atom. The van der Waals surface area contributed by atoms with Gasteiger partial charge in [0.2, 0.25) is 5.13 Å². The highest BCUT2D eigenvalue weighted by Crippen LogP contribution is 2.14. The van der Waals surface area contributed by atoms with E-state index in [4.69, 9.17) is 17.0 Å². The number of ether oxygens (including phenoxy) is 1. The minimum absolute atomic E-state index is 0.772. The Morgan fingerprint density at radius 2 is 2.04 bits per heavy atom. The lowest BCUT2D eigenvalue weighted by Gasteiger charge is -2.33. The van der Waals surface area contributed by atoms with Crippen molar-refractivity contribution in [2.24, 2.45) is 0 Å². The van der Waals surface area contributed by atoms with E-state index in [-0.39, 0.29) is 0 Å². The van der Waals surface area contributed by atoms with E-state index >= 15 is 0 Å². The molecule has 0 bridgehead atoms. The van der Waals surface area contributed by atoms with Crippen LogP contribution in [0.3, 0.4) is 0 Å². The van der Waals surface area contributed by atoms with Crippen molar-refractivity contribution in [3.05, 3.63) is 34.3 Å². The first-order chi connectivity index (χ1) is 12.8. The largest absolute Gasteiger partial charge is 0.382 e. The normalized spacial score (nSPS) is 15.3. The maximum Gasteiger partial charge on any atom is 0.204 e. The Morgan fingerprint density at radius 1 is 1.27 bits per heavy atom. The molecule has 0 radical (unpaired) electrons. The van der Waals surface area contributed by atoms with Gasteiger partial charge in [0, 0.05) is 25.4 Å². The van der Waals surface area contributed by atoms with Gasteiger partial charge in [-0.1, -0.05) is 29.5 Å². The van der Waals surface area contributed by atoms with Crippen LogP contribution >= 0.6 is 23.6 Å². The van der Waals surface area contributed by atoms with Crippen LogP contribution in [0.25, 0.3) is 0 Å². The molecule has 2 N–H and O–H groups in total. The summed E-state index contributed by atoms with van der Waals surface area (Å²) in [6.45, 7) is 9.63. The Labute approximate surface area is 164 Å². The van der Waals surface area contributed by atoms with Gasteiger partial charge in [0.15, 0.2) is 10.6 Å².